The predicted molar refractivity (Wildman–Crippen MR) is 138 cm³/mol. The molecule has 0 atom stereocenters. The van der Waals surface area contributed by atoms with Crippen molar-refractivity contribution in [2.45, 2.75) is 52.4 Å². The van der Waals surface area contributed by atoms with Crippen LogP contribution in [0.5, 0.6) is 5.75 Å². The normalized spacial score (nSPS) is 11.6. The fourth-order valence-corrected chi connectivity index (χ4v) is 3.50. The maximum absolute atomic E-state index is 12.9. The van der Waals surface area contributed by atoms with Gasteiger partial charge in [0.25, 0.3) is 16.0 Å². The highest BCUT2D eigenvalue weighted by Gasteiger charge is 2.38. The lowest BCUT2D eigenvalue weighted by Gasteiger charge is -2.19. The predicted octanol–water partition coefficient (Wildman–Crippen LogP) is 3.40. The molecule has 0 bridgehead atoms. The zero-order chi connectivity index (χ0) is 30.9. The number of anilines is 1. The number of aromatic amines is 1. The molecular formula is C24H32F3N3O9S. The van der Waals surface area contributed by atoms with E-state index >= 15 is 0 Å². The molecule has 1 aromatic carbocycles. The number of alkyl halides is 3. The molecular weight excluding hydrogens is 563 g/mol. The standard InChI is InChI=1S/C22H31N3O7S.C2HF3O2/c1-6-16-18(20(26)23-11-12-33(28,29)30)17(25-19(16)21(27)32-22(2,3)4)13-24-14-7-9-15(31-5)10-8-14;3-2(4,5)1(6)7/h7-10,24-25H,6,11-13H2,1-5H3,(H,23,26)(H,28,29,30);(H,6,7). The van der Waals surface area contributed by atoms with Crippen molar-refractivity contribution in [2.24, 2.45) is 0 Å². The second kappa shape index (κ2) is 14.0. The van der Waals surface area contributed by atoms with Crippen LogP contribution in [-0.4, -0.2) is 72.1 Å². The topological polar surface area (TPSA) is 184 Å². The molecule has 12 nitrogen and oxygen atoms in total. The van der Waals surface area contributed by atoms with Gasteiger partial charge in [0, 0.05) is 17.9 Å². The van der Waals surface area contributed by atoms with Crippen LogP contribution in [0.4, 0.5) is 18.9 Å². The maximum Gasteiger partial charge on any atom is 0.490 e. The summed E-state index contributed by atoms with van der Waals surface area (Å²) in [6.45, 7) is 6.94. The average Bonchev–Trinajstić information content (AvgIpc) is 3.20. The van der Waals surface area contributed by atoms with Crippen LogP contribution >= 0.6 is 0 Å². The summed E-state index contributed by atoms with van der Waals surface area (Å²) in [5, 5.41) is 12.8. The number of nitrogens with one attached hydrogen (secondary N) is 3. The summed E-state index contributed by atoms with van der Waals surface area (Å²) in [7, 11) is -2.66. The molecule has 5 N–H and O–H groups in total. The van der Waals surface area contributed by atoms with Gasteiger partial charge >= 0.3 is 18.1 Å². The van der Waals surface area contributed by atoms with Gasteiger partial charge in [0.2, 0.25) is 0 Å². The van der Waals surface area contributed by atoms with Crippen LogP contribution in [0.1, 0.15) is 59.8 Å². The van der Waals surface area contributed by atoms with E-state index in [-0.39, 0.29) is 24.3 Å². The van der Waals surface area contributed by atoms with Crippen molar-refractivity contribution in [2.75, 3.05) is 24.7 Å². The van der Waals surface area contributed by atoms with E-state index in [2.05, 4.69) is 15.6 Å². The van der Waals surface area contributed by atoms with Crippen LogP contribution in [0.2, 0.25) is 0 Å². The number of hydrogen-bond donors (Lipinski definition) is 5. The number of hydrogen-bond acceptors (Lipinski definition) is 8. The van der Waals surface area contributed by atoms with E-state index in [9.17, 15) is 31.2 Å². The highest BCUT2D eigenvalue weighted by Crippen LogP contribution is 2.24. The molecule has 40 heavy (non-hydrogen) atoms. The number of ether oxygens (including phenoxy) is 2. The Labute approximate surface area is 229 Å². The number of carbonyl (C=O) groups excluding carboxylic acids is 2. The number of carboxylic acids is 1. The van der Waals surface area contributed by atoms with E-state index in [4.69, 9.17) is 23.9 Å². The Morgan fingerprint density at radius 2 is 1.62 bits per heavy atom. The minimum Gasteiger partial charge on any atom is -0.497 e. The second-order valence-corrected chi connectivity index (χ2v) is 10.7. The number of carboxylic acid groups (broad SMARTS) is 1. The number of amides is 1. The van der Waals surface area contributed by atoms with E-state index in [1.807, 2.05) is 12.1 Å². The van der Waals surface area contributed by atoms with Crippen molar-refractivity contribution in [1.29, 1.82) is 0 Å². The lowest BCUT2D eigenvalue weighted by atomic mass is 10.0. The van der Waals surface area contributed by atoms with E-state index in [1.165, 1.54) is 0 Å². The summed E-state index contributed by atoms with van der Waals surface area (Å²) in [5.41, 5.74) is 1.33. The minimum absolute atomic E-state index is 0.166. The van der Waals surface area contributed by atoms with Crippen LogP contribution in [0.25, 0.3) is 0 Å². The highest BCUT2D eigenvalue weighted by molar-refractivity contribution is 7.85. The van der Waals surface area contributed by atoms with Gasteiger partial charge in [-0.3, -0.25) is 9.35 Å². The number of aromatic nitrogens is 1. The largest absolute Gasteiger partial charge is 0.497 e. The number of rotatable bonds is 10. The Morgan fingerprint density at radius 1 is 1.07 bits per heavy atom. The molecule has 2 aromatic rings. The SMILES string of the molecule is CCc1c(C(=O)OC(C)(C)C)[nH]c(CNc2ccc(OC)cc2)c1C(=O)NCCS(=O)(=O)O.O=C(O)C(F)(F)F. The van der Waals surface area contributed by atoms with Crippen LogP contribution in [0, 0.1) is 0 Å². The second-order valence-electron chi connectivity index (χ2n) is 9.11. The molecule has 0 radical (unpaired) electrons. The molecule has 0 unspecified atom stereocenters. The number of halogens is 3. The zero-order valence-corrected chi connectivity index (χ0v) is 23.2. The molecule has 0 saturated carbocycles. The number of H-pyrrole nitrogens is 1. The van der Waals surface area contributed by atoms with Gasteiger partial charge in [0.15, 0.2) is 0 Å². The first-order chi connectivity index (χ1) is 18.3. The lowest BCUT2D eigenvalue weighted by molar-refractivity contribution is -0.192. The number of carbonyl (C=O) groups is 3. The first-order valence-corrected chi connectivity index (χ1v) is 13.3. The summed E-state index contributed by atoms with van der Waals surface area (Å²) in [5.74, 6) is -3.84. The number of esters is 1. The molecule has 0 spiro atoms. The zero-order valence-electron chi connectivity index (χ0n) is 22.4. The third-order valence-electron chi connectivity index (χ3n) is 4.81. The summed E-state index contributed by atoms with van der Waals surface area (Å²) < 4.78 is 73.3. The van der Waals surface area contributed by atoms with Gasteiger partial charge < -0.3 is 30.2 Å². The molecule has 0 saturated heterocycles. The Kier molecular flexibility index (Phi) is 12.0. The van der Waals surface area contributed by atoms with Crippen LogP contribution in [-0.2, 0) is 32.6 Å². The first-order valence-electron chi connectivity index (χ1n) is 11.7. The van der Waals surface area contributed by atoms with Crippen molar-refractivity contribution in [3.05, 3.63) is 46.8 Å². The average molecular weight is 596 g/mol. The third-order valence-corrected chi connectivity index (χ3v) is 5.53. The first kappa shape index (κ1) is 34.2. The third kappa shape index (κ3) is 11.5. The van der Waals surface area contributed by atoms with E-state index < -0.39 is 45.5 Å². The van der Waals surface area contributed by atoms with Crippen molar-refractivity contribution >= 4 is 33.7 Å². The van der Waals surface area contributed by atoms with Crippen molar-refractivity contribution < 1.29 is 55.1 Å². The van der Waals surface area contributed by atoms with E-state index in [1.54, 1.807) is 46.9 Å². The van der Waals surface area contributed by atoms with Gasteiger partial charge in [0.1, 0.15) is 17.0 Å². The van der Waals surface area contributed by atoms with Gasteiger partial charge in [-0.25, -0.2) is 9.59 Å². The fraction of sp³-hybridized carbons (Fsp3) is 0.458. The summed E-state index contributed by atoms with van der Waals surface area (Å²) in [6.07, 6.45) is -4.73. The maximum atomic E-state index is 12.9. The highest BCUT2D eigenvalue weighted by atomic mass is 32.2. The Bertz CT molecular complexity index is 1280. The van der Waals surface area contributed by atoms with Gasteiger partial charge in [-0.2, -0.15) is 21.6 Å². The molecule has 0 fully saturated rings. The van der Waals surface area contributed by atoms with Crippen LogP contribution < -0.4 is 15.4 Å². The number of aliphatic carboxylic acids is 1. The van der Waals surface area contributed by atoms with Gasteiger partial charge in [-0.05, 0) is 57.0 Å². The quantitative estimate of drug-likeness (QED) is 0.201. The smallest absolute Gasteiger partial charge is 0.490 e. The molecule has 0 aliphatic rings. The minimum atomic E-state index is -5.08. The molecule has 1 heterocycles. The molecule has 224 valence electrons. The summed E-state index contributed by atoms with van der Waals surface area (Å²) in [6, 6.07) is 7.18. The van der Waals surface area contributed by atoms with E-state index in [0.717, 1.165) is 5.69 Å². The monoisotopic (exact) mass is 595 g/mol. The number of benzene rings is 1. The molecule has 1 amide bonds. The van der Waals surface area contributed by atoms with Crippen LogP contribution in [0.3, 0.4) is 0 Å². The lowest BCUT2D eigenvalue weighted by Crippen LogP contribution is -2.30. The van der Waals surface area contributed by atoms with Crippen molar-refractivity contribution in [3.63, 3.8) is 0 Å². The molecule has 0 aliphatic heterocycles. The Morgan fingerprint density at radius 3 is 2.05 bits per heavy atom. The molecule has 16 heteroatoms. The Hall–Kier alpha value is -3.79. The molecule has 0 aliphatic carbocycles. The van der Waals surface area contributed by atoms with Gasteiger partial charge in [-0.15, -0.1) is 0 Å². The van der Waals surface area contributed by atoms with Crippen molar-refractivity contribution in [1.82, 2.24) is 10.3 Å². The summed E-state index contributed by atoms with van der Waals surface area (Å²) >= 11 is 0. The Balaban J connectivity index is 0.00000101. The van der Waals surface area contributed by atoms with Crippen LogP contribution in [0.15, 0.2) is 24.3 Å². The van der Waals surface area contributed by atoms with Gasteiger partial charge in [0.05, 0.1) is 25.0 Å². The van der Waals surface area contributed by atoms with Gasteiger partial charge in [-0.1, -0.05) is 6.92 Å². The molecule has 1 aromatic heterocycles. The number of methoxy groups -OCH3 is 1. The van der Waals surface area contributed by atoms with Crippen molar-refractivity contribution in [3.8, 4) is 5.75 Å². The fourth-order valence-electron chi connectivity index (χ4n) is 3.14. The summed E-state index contributed by atoms with van der Waals surface area (Å²) in [4.78, 5) is 37.6. The molecule has 2 rings (SSSR count). The van der Waals surface area contributed by atoms with E-state index in [0.29, 0.717) is 23.4 Å².